The Morgan fingerprint density at radius 3 is 2.32 bits per heavy atom. The topological polar surface area (TPSA) is 129 Å². The first kappa shape index (κ1) is 30.8. The Kier molecular flexibility index (Phi) is 9.08. The number of urea groups is 2. The summed E-state index contributed by atoms with van der Waals surface area (Å²) in [5, 5.41) is 9.75. The molecule has 0 bridgehead atoms. The van der Waals surface area contributed by atoms with Gasteiger partial charge in [-0.3, -0.25) is 9.63 Å². The van der Waals surface area contributed by atoms with E-state index in [0.29, 0.717) is 17.8 Å². The Bertz CT molecular complexity index is 1580. The molecule has 2 aliphatic rings. The monoisotopic (exact) mass is 625 g/mol. The summed E-state index contributed by atoms with van der Waals surface area (Å²) in [7, 11) is 6.42. The van der Waals surface area contributed by atoms with Gasteiger partial charge < -0.3 is 19.9 Å². The molecule has 5 rings (SSSR count). The van der Waals surface area contributed by atoms with E-state index in [4.69, 9.17) is 4.74 Å². The number of rotatable bonds is 9. The maximum absolute atomic E-state index is 14.9. The molecule has 2 N–H and O–H groups in total. The SMILES string of the molecule is CONC(=O)Nc1ccc(C2=C(CN(C)C)C3C(=O)N(c4ccc(OC)nn4)C(=O)N(Cc4c(F)cccc4F)C3S2)cc1. The van der Waals surface area contributed by atoms with Crippen LogP contribution in [-0.2, 0) is 16.2 Å². The van der Waals surface area contributed by atoms with Crippen molar-refractivity contribution in [2.45, 2.75) is 11.9 Å². The summed E-state index contributed by atoms with van der Waals surface area (Å²) >= 11 is 1.27. The Morgan fingerprint density at radius 2 is 1.73 bits per heavy atom. The van der Waals surface area contributed by atoms with Gasteiger partial charge in [0, 0.05) is 28.8 Å². The molecule has 0 spiro atoms. The molecule has 3 aromatic rings. The normalized spacial score (nSPS) is 18.2. The van der Waals surface area contributed by atoms with Gasteiger partial charge in [-0.05, 0) is 55.6 Å². The van der Waals surface area contributed by atoms with Crippen molar-refractivity contribution in [1.82, 2.24) is 25.5 Å². The molecule has 1 aromatic heterocycles. The van der Waals surface area contributed by atoms with Crippen molar-refractivity contribution in [1.29, 1.82) is 0 Å². The lowest BCUT2D eigenvalue weighted by Gasteiger charge is -2.41. The first-order valence-electron chi connectivity index (χ1n) is 13.3. The number of anilines is 2. The van der Waals surface area contributed by atoms with Crippen molar-refractivity contribution >= 4 is 46.1 Å². The Labute approximate surface area is 255 Å². The van der Waals surface area contributed by atoms with E-state index in [9.17, 15) is 23.2 Å². The number of likely N-dealkylation sites (N-methyl/N-ethyl adjacent to an activating group) is 1. The Hall–Kier alpha value is -4.60. The van der Waals surface area contributed by atoms with Gasteiger partial charge in [0.15, 0.2) is 5.82 Å². The summed E-state index contributed by atoms with van der Waals surface area (Å²) in [6.07, 6.45) is 0. The number of hydrogen-bond acceptors (Lipinski definition) is 9. The molecule has 3 heterocycles. The summed E-state index contributed by atoms with van der Waals surface area (Å²) in [6.45, 7) is -0.0808. The van der Waals surface area contributed by atoms with Gasteiger partial charge in [0.25, 0.3) is 0 Å². The number of methoxy groups -OCH3 is 1. The number of hydroxylamine groups is 1. The molecule has 15 heteroatoms. The second-order valence-electron chi connectivity index (χ2n) is 10.1. The van der Waals surface area contributed by atoms with E-state index >= 15 is 0 Å². The number of halogens is 2. The summed E-state index contributed by atoms with van der Waals surface area (Å²) < 4.78 is 34.8. The molecule has 2 aliphatic heterocycles. The summed E-state index contributed by atoms with van der Waals surface area (Å²) in [4.78, 5) is 49.5. The average Bonchev–Trinajstić information content (AvgIpc) is 3.36. The number of ether oxygens (including phenoxy) is 1. The van der Waals surface area contributed by atoms with Crippen LogP contribution in [0.3, 0.4) is 0 Å². The van der Waals surface area contributed by atoms with Gasteiger partial charge in [-0.15, -0.1) is 10.2 Å². The maximum atomic E-state index is 14.9. The number of benzene rings is 2. The third-order valence-electron chi connectivity index (χ3n) is 6.96. The average molecular weight is 626 g/mol. The molecule has 44 heavy (non-hydrogen) atoms. The molecule has 1 fully saturated rings. The van der Waals surface area contributed by atoms with Gasteiger partial charge >= 0.3 is 12.1 Å². The quantitative estimate of drug-likeness (QED) is 0.338. The number of amides is 5. The first-order chi connectivity index (χ1) is 21.1. The molecule has 2 atom stereocenters. The number of fused-ring (bicyclic) bond motifs is 1. The summed E-state index contributed by atoms with van der Waals surface area (Å²) in [5.41, 5.74) is 3.80. The van der Waals surface area contributed by atoms with Crippen LogP contribution in [0.5, 0.6) is 5.88 Å². The number of imide groups is 1. The highest BCUT2D eigenvalue weighted by Crippen LogP contribution is 2.52. The lowest BCUT2D eigenvalue weighted by molar-refractivity contribution is -0.122. The number of nitrogens with zero attached hydrogens (tertiary/aromatic N) is 5. The van der Waals surface area contributed by atoms with E-state index in [1.54, 1.807) is 24.3 Å². The van der Waals surface area contributed by atoms with E-state index in [2.05, 4.69) is 25.8 Å². The Balaban J connectivity index is 1.59. The fourth-order valence-electron chi connectivity index (χ4n) is 5.04. The van der Waals surface area contributed by atoms with Crippen LogP contribution in [0.4, 0.5) is 29.9 Å². The van der Waals surface area contributed by atoms with E-state index in [-0.39, 0.29) is 17.3 Å². The predicted octanol–water partition coefficient (Wildman–Crippen LogP) is 4.08. The van der Waals surface area contributed by atoms with E-state index in [0.717, 1.165) is 27.5 Å². The van der Waals surface area contributed by atoms with Gasteiger partial charge in [-0.2, -0.15) is 0 Å². The second-order valence-corrected chi connectivity index (χ2v) is 11.3. The minimum atomic E-state index is -0.876. The highest BCUT2D eigenvalue weighted by molar-refractivity contribution is 8.09. The highest BCUT2D eigenvalue weighted by atomic mass is 32.2. The standard InChI is InChI=1S/C29H29F2N7O5S/c1-36(2)14-19-24-26(39)38(22-12-13-23(42-3)34-33-22)29(41)37(15-18-20(30)6-5-7-21(18)31)27(24)44-25(19)16-8-10-17(11-9-16)32-28(40)35-43-4/h5-13,24,27H,14-15H2,1-4H3,(H2,32,35,40). The van der Waals surface area contributed by atoms with Crippen LogP contribution in [0.1, 0.15) is 11.1 Å². The van der Waals surface area contributed by atoms with Crippen LogP contribution in [0.2, 0.25) is 0 Å². The van der Waals surface area contributed by atoms with Crippen LogP contribution in [0.25, 0.3) is 4.91 Å². The van der Waals surface area contributed by atoms with Gasteiger partial charge in [-0.1, -0.05) is 30.0 Å². The van der Waals surface area contributed by atoms with Crippen LogP contribution >= 0.6 is 11.8 Å². The molecule has 0 aliphatic carbocycles. The maximum Gasteiger partial charge on any atom is 0.343 e. The zero-order valence-electron chi connectivity index (χ0n) is 24.2. The van der Waals surface area contributed by atoms with Gasteiger partial charge in [0.1, 0.15) is 17.0 Å². The molecule has 2 unspecified atom stereocenters. The van der Waals surface area contributed by atoms with Crippen molar-refractivity contribution < 1.29 is 32.7 Å². The van der Waals surface area contributed by atoms with Crippen LogP contribution < -0.4 is 20.4 Å². The van der Waals surface area contributed by atoms with Gasteiger partial charge in [-0.25, -0.2) is 28.7 Å². The van der Waals surface area contributed by atoms with Crippen molar-refractivity contribution in [3.05, 3.63) is 82.9 Å². The number of aromatic nitrogens is 2. The summed E-state index contributed by atoms with van der Waals surface area (Å²) in [5.74, 6) is -2.92. The number of carbonyl (C=O) groups is 3. The largest absolute Gasteiger partial charge is 0.480 e. The van der Waals surface area contributed by atoms with E-state index < -0.39 is 47.4 Å². The summed E-state index contributed by atoms with van der Waals surface area (Å²) in [6, 6.07) is 11.9. The molecule has 230 valence electrons. The fourth-order valence-corrected chi connectivity index (χ4v) is 6.61. The van der Waals surface area contributed by atoms with Gasteiger partial charge in [0.2, 0.25) is 11.8 Å². The van der Waals surface area contributed by atoms with Crippen LogP contribution in [0.15, 0.2) is 60.2 Å². The zero-order valence-corrected chi connectivity index (χ0v) is 25.0. The van der Waals surface area contributed by atoms with Gasteiger partial charge in [0.05, 0.1) is 26.7 Å². The second kappa shape index (κ2) is 13.0. The molecule has 5 amide bonds. The molecule has 2 aromatic carbocycles. The lowest BCUT2D eigenvalue weighted by Crippen LogP contribution is -2.60. The molecule has 12 nitrogen and oxygen atoms in total. The minimum Gasteiger partial charge on any atom is -0.480 e. The highest BCUT2D eigenvalue weighted by Gasteiger charge is 2.53. The third kappa shape index (κ3) is 6.06. The van der Waals surface area contributed by atoms with E-state index in [1.165, 1.54) is 49.1 Å². The number of thioether (sulfide) groups is 1. The van der Waals surface area contributed by atoms with Crippen molar-refractivity contribution in [2.75, 3.05) is 45.1 Å². The van der Waals surface area contributed by atoms with E-state index in [1.807, 2.05) is 19.0 Å². The van der Waals surface area contributed by atoms with Crippen molar-refractivity contribution in [3.8, 4) is 5.88 Å². The molecular weight excluding hydrogens is 596 g/mol. The Morgan fingerprint density at radius 1 is 1.02 bits per heavy atom. The lowest BCUT2D eigenvalue weighted by atomic mass is 9.92. The molecular formula is C29H29F2N7O5S. The first-order valence-corrected chi connectivity index (χ1v) is 14.2. The third-order valence-corrected chi connectivity index (χ3v) is 8.46. The van der Waals surface area contributed by atoms with Crippen molar-refractivity contribution in [2.24, 2.45) is 5.92 Å². The zero-order chi connectivity index (χ0) is 31.5. The molecule has 1 saturated heterocycles. The number of hydrogen-bond donors (Lipinski definition) is 2. The van der Waals surface area contributed by atoms with Crippen molar-refractivity contribution in [3.63, 3.8) is 0 Å². The fraction of sp³-hybridized carbons (Fsp3) is 0.276. The predicted molar refractivity (Wildman–Crippen MR) is 159 cm³/mol. The van der Waals surface area contributed by atoms with Crippen LogP contribution in [-0.4, -0.2) is 78.2 Å². The smallest absolute Gasteiger partial charge is 0.343 e. The van der Waals surface area contributed by atoms with Crippen LogP contribution in [0, 0.1) is 17.6 Å². The number of carbonyl (C=O) groups excluding carboxylic acids is 3. The molecule has 0 radical (unpaired) electrons. The minimum absolute atomic E-state index is 0.0503. The molecule has 0 saturated carbocycles. The number of nitrogens with one attached hydrogen (secondary N) is 2.